The Labute approximate surface area is 144 Å². The van der Waals surface area contributed by atoms with Gasteiger partial charge in [0.2, 0.25) is 11.8 Å². The summed E-state index contributed by atoms with van der Waals surface area (Å²) in [6.07, 6.45) is 2.89. The Hall–Kier alpha value is -3.48. The standard InChI is InChI=1S/C18H17N3O4/c1-12-3-7-15(11-17(12)19-13(2)22)20-18(23)10-6-14-4-8-16(9-5-14)21(24)25/h3-11H,1-2H3,(H,19,22)(H,20,23)/b10-6+. The maximum atomic E-state index is 12.0. The molecule has 128 valence electrons. The lowest BCUT2D eigenvalue weighted by Crippen LogP contribution is -2.10. The molecule has 7 heteroatoms. The number of benzene rings is 2. The lowest BCUT2D eigenvalue weighted by atomic mass is 10.1. The number of nitrogens with zero attached hydrogens (tertiary/aromatic N) is 1. The molecule has 25 heavy (non-hydrogen) atoms. The summed E-state index contributed by atoms with van der Waals surface area (Å²) in [6.45, 7) is 3.27. The van der Waals surface area contributed by atoms with E-state index < -0.39 is 4.92 Å². The average molecular weight is 339 g/mol. The fourth-order valence-corrected chi connectivity index (χ4v) is 2.09. The van der Waals surface area contributed by atoms with Crippen LogP contribution in [-0.2, 0) is 9.59 Å². The fraction of sp³-hybridized carbons (Fsp3) is 0.111. The molecule has 0 saturated heterocycles. The smallest absolute Gasteiger partial charge is 0.269 e. The van der Waals surface area contributed by atoms with Crippen molar-refractivity contribution in [3.63, 3.8) is 0 Å². The summed E-state index contributed by atoms with van der Waals surface area (Å²) < 4.78 is 0. The molecule has 2 aromatic carbocycles. The number of rotatable bonds is 5. The number of non-ortho nitro benzene ring substituents is 1. The summed E-state index contributed by atoms with van der Waals surface area (Å²) in [4.78, 5) is 33.3. The molecule has 0 unspecified atom stereocenters. The van der Waals surface area contributed by atoms with Crippen LogP contribution in [0.25, 0.3) is 6.08 Å². The Balaban J connectivity index is 2.04. The van der Waals surface area contributed by atoms with Gasteiger partial charge in [0.15, 0.2) is 0 Å². The molecule has 0 aliphatic heterocycles. The number of carbonyl (C=O) groups excluding carboxylic acids is 2. The van der Waals surface area contributed by atoms with Crippen LogP contribution in [0.3, 0.4) is 0 Å². The Bertz CT molecular complexity index is 842. The van der Waals surface area contributed by atoms with Gasteiger partial charge in [-0.2, -0.15) is 0 Å². The monoisotopic (exact) mass is 339 g/mol. The molecule has 0 aromatic heterocycles. The van der Waals surface area contributed by atoms with Crippen LogP contribution in [0.15, 0.2) is 48.5 Å². The zero-order valence-electron chi connectivity index (χ0n) is 13.8. The Morgan fingerprint density at radius 3 is 2.36 bits per heavy atom. The third kappa shape index (κ3) is 5.28. The van der Waals surface area contributed by atoms with Crippen molar-refractivity contribution in [2.24, 2.45) is 0 Å². The second kappa shape index (κ2) is 7.87. The predicted molar refractivity (Wildman–Crippen MR) is 96.2 cm³/mol. The molecule has 0 atom stereocenters. The highest BCUT2D eigenvalue weighted by molar-refractivity contribution is 6.02. The number of carbonyl (C=O) groups is 2. The topological polar surface area (TPSA) is 101 Å². The maximum Gasteiger partial charge on any atom is 0.269 e. The van der Waals surface area contributed by atoms with Crippen LogP contribution in [0.1, 0.15) is 18.1 Å². The number of nitrogens with one attached hydrogen (secondary N) is 2. The van der Waals surface area contributed by atoms with Crippen LogP contribution in [0.4, 0.5) is 17.1 Å². The molecule has 2 rings (SSSR count). The molecule has 0 aliphatic rings. The predicted octanol–water partition coefficient (Wildman–Crippen LogP) is 3.51. The summed E-state index contributed by atoms with van der Waals surface area (Å²) >= 11 is 0. The highest BCUT2D eigenvalue weighted by Gasteiger charge is 2.05. The van der Waals surface area contributed by atoms with Crippen LogP contribution >= 0.6 is 0 Å². The molecule has 0 radical (unpaired) electrons. The van der Waals surface area contributed by atoms with E-state index in [-0.39, 0.29) is 17.5 Å². The van der Waals surface area contributed by atoms with Crippen molar-refractivity contribution in [3.8, 4) is 0 Å². The van der Waals surface area contributed by atoms with Crippen molar-refractivity contribution >= 4 is 35.0 Å². The van der Waals surface area contributed by atoms with Crippen LogP contribution in [0.2, 0.25) is 0 Å². The lowest BCUT2D eigenvalue weighted by molar-refractivity contribution is -0.384. The largest absolute Gasteiger partial charge is 0.326 e. The zero-order chi connectivity index (χ0) is 18.4. The SMILES string of the molecule is CC(=O)Nc1cc(NC(=O)/C=C/c2ccc([N+](=O)[O-])cc2)ccc1C. The van der Waals surface area contributed by atoms with Gasteiger partial charge in [-0.25, -0.2) is 0 Å². The highest BCUT2D eigenvalue weighted by atomic mass is 16.6. The molecular weight excluding hydrogens is 322 g/mol. The van der Waals surface area contributed by atoms with E-state index in [9.17, 15) is 19.7 Å². The van der Waals surface area contributed by atoms with Crippen molar-refractivity contribution in [1.82, 2.24) is 0 Å². The first-order valence-electron chi connectivity index (χ1n) is 7.47. The van der Waals surface area contributed by atoms with Crippen molar-refractivity contribution in [2.75, 3.05) is 10.6 Å². The van der Waals surface area contributed by atoms with Gasteiger partial charge in [-0.1, -0.05) is 6.07 Å². The Kier molecular flexibility index (Phi) is 5.62. The van der Waals surface area contributed by atoms with Gasteiger partial charge in [-0.05, 0) is 48.4 Å². The molecule has 0 spiro atoms. The highest BCUT2D eigenvalue weighted by Crippen LogP contribution is 2.20. The summed E-state index contributed by atoms with van der Waals surface area (Å²) in [6, 6.07) is 11.1. The molecule has 0 bridgehead atoms. The van der Waals surface area contributed by atoms with Crippen molar-refractivity contribution < 1.29 is 14.5 Å². The van der Waals surface area contributed by atoms with Gasteiger partial charge in [0.1, 0.15) is 0 Å². The summed E-state index contributed by atoms with van der Waals surface area (Å²) in [5, 5.41) is 16.0. The first kappa shape index (κ1) is 17.9. The van der Waals surface area contributed by atoms with Gasteiger partial charge in [0.05, 0.1) is 4.92 Å². The summed E-state index contributed by atoms with van der Waals surface area (Å²) in [5.74, 6) is -0.541. The van der Waals surface area contributed by atoms with Gasteiger partial charge in [-0.15, -0.1) is 0 Å². The van der Waals surface area contributed by atoms with Crippen molar-refractivity contribution in [3.05, 3.63) is 69.8 Å². The quantitative estimate of drug-likeness (QED) is 0.494. The summed E-state index contributed by atoms with van der Waals surface area (Å²) in [5.41, 5.74) is 2.72. The van der Waals surface area contributed by atoms with Crippen LogP contribution in [0.5, 0.6) is 0 Å². The Morgan fingerprint density at radius 2 is 1.76 bits per heavy atom. The Morgan fingerprint density at radius 1 is 1.08 bits per heavy atom. The van der Waals surface area contributed by atoms with E-state index in [1.54, 1.807) is 36.4 Å². The minimum absolute atomic E-state index is 0.00763. The number of hydrogen-bond donors (Lipinski definition) is 2. The molecule has 0 heterocycles. The van der Waals surface area contributed by atoms with Gasteiger partial charge in [0.25, 0.3) is 5.69 Å². The molecule has 7 nitrogen and oxygen atoms in total. The van der Waals surface area contributed by atoms with Crippen molar-refractivity contribution in [1.29, 1.82) is 0 Å². The molecule has 2 amide bonds. The van der Waals surface area contributed by atoms with Gasteiger partial charge < -0.3 is 10.6 Å². The third-order valence-electron chi connectivity index (χ3n) is 3.35. The number of nitro groups is 1. The van der Waals surface area contributed by atoms with Crippen LogP contribution in [0, 0.1) is 17.0 Å². The van der Waals surface area contributed by atoms with E-state index >= 15 is 0 Å². The first-order valence-corrected chi connectivity index (χ1v) is 7.47. The molecule has 0 saturated carbocycles. The number of anilines is 2. The normalized spacial score (nSPS) is 10.5. The van der Waals surface area contributed by atoms with E-state index in [2.05, 4.69) is 10.6 Å². The van der Waals surface area contributed by atoms with E-state index in [0.29, 0.717) is 16.9 Å². The first-order chi connectivity index (χ1) is 11.8. The van der Waals surface area contributed by atoms with Gasteiger partial charge in [0, 0.05) is 36.5 Å². The van der Waals surface area contributed by atoms with E-state index in [0.717, 1.165) is 5.56 Å². The van der Waals surface area contributed by atoms with Crippen molar-refractivity contribution in [2.45, 2.75) is 13.8 Å². The molecule has 0 aliphatic carbocycles. The van der Waals surface area contributed by atoms with E-state index in [1.165, 1.54) is 25.1 Å². The van der Waals surface area contributed by atoms with Crippen LogP contribution in [-0.4, -0.2) is 16.7 Å². The number of amides is 2. The number of aryl methyl sites for hydroxylation is 1. The minimum atomic E-state index is -0.482. The second-order valence-corrected chi connectivity index (χ2v) is 5.38. The number of hydrogen-bond acceptors (Lipinski definition) is 4. The number of nitro benzene ring substituents is 1. The van der Waals surface area contributed by atoms with Gasteiger partial charge >= 0.3 is 0 Å². The average Bonchev–Trinajstić information content (AvgIpc) is 2.56. The van der Waals surface area contributed by atoms with Crippen LogP contribution < -0.4 is 10.6 Å². The molecular formula is C18H17N3O4. The zero-order valence-corrected chi connectivity index (χ0v) is 13.8. The fourth-order valence-electron chi connectivity index (χ4n) is 2.09. The minimum Gasteiger partial charge on any atom is -0.326 e. The molecule has 2 N–H and O–H groups in total. The molecule has 0 fully saturated rings. The van der Waals surface area contributed by atoms with E-state index in [4.69, 9.17) is 0 Å². The maximum absolute atomic E-state index is 12.0. The van der Waals surface area contributed by atoms with E-state index in [1.807, 2.05) is 6.92 Å². The van der Waals surface area contributed by atoms with Gasteiger partial charge in [-0.3, -0.25) is 19.7 Å². The lowest BCUT2D eigenvalue weighted by Gasteiger charge is -2.09. The second-order valence-electron chi connectivity index (χ2n) is 5.38. The third-order valence-corrected chi connectivity index (χ3v) is 3.35. The molecule has 2 aromatic rings. The summed E-state index contributed by atoms with van der Waals surface area (Å²) in [7, 11) is 0.